The molecule has 0 fully saturated rings. The zero-order valence-corrected chi connectivity index (χ0v) is 15.3. The number of nitrogens with zero attached hydrogens (tertiary/aromatic N) is 5. The number of nitrogen functional groups attached to an aromatic ring is 1. The lowest BCUT2D eigenvalue weighted by atomic mass is 10.2. The molecule has 4 aromatic rings. The van der Waals surface area contributed by atoms with Crippen molar-refractivity contribution in [2.45, 2.75) is 24.8 Å². The number of hydrogen-bond donors (Lipinski definition) is 1. The maximum Gasteiger partial charge on any atom is 0.218 e. The molecule has 0 saturated heterocycles. The van der Waals surface area contributed by atoms with Gasteiger partial charge in [-0.15, -0.1) is 10.2 Å². The molecule has 2 N–H and O–H groups in total. The van der Waals surface area contributed by atoms with E-state index in [4.69, 9.17) is 10.3 Å². The Labute approximate surface area is 154 Å². The summed E-state index contributed by atoms with van der Waals surface area (Å²) in [5.41, 5.74) is 4.34. The second-order valence-corrected chi connectivity index (χ2v) is 6.89. The van der Waals surface area contributed by atoms with Gasteiger partial charge in [-0.25, -0.2) is 9.36 Å². The van der Waals surface area contributed by atoms with Crippen LogP contribution in [0.3, 0.4) is 0 Å². The fourth-order valence-corrected chi connectivity index (χ4v) is 3.53. The van der Waals surface area contributed by atoms with Crippen LogP contribution >= 0.6 is 11.8 Å². The molecule has 8 heteroatoms. The van der Waals surface area contributed by atoms with E-state index in [0.29, 0.717) is 16.7 Å². The van der Waals surface area contributed by atoms with Gasteiger partial charge in [-0.3, -0.25) is 0 Å². The number of hydrogen-bond acceptors (Lipinski definition) is 6. The first kappa shape index (κ1) is 16.5. The van der Waals surface area contributed by atoms with E-state index in [-0.39, 0.29) is 0 Å². The summed E-state index contributed by atoms with van der Waals surface area (Å²) in [7, 11) is 0. The van der Waals surface area contributed by atoms with Gasteiger partial charge in [0.1, 0.15) is 0 Å². The highest BCUT2D eigenvalue weighted by Crippen LogP contribution is 2.25. The fourth-order valence-electron chi connectivity index (χ4n) is 2.72. The maximum absolute atomic E-state index is 6.08. The Balaban J connectivity index is 1.46. The minimum Gasteiger partial charge on any atom is -0.461 e. The quantitative estimate of drug-likeness (QED) is 0.430. The molecule has 26 heavy (non-hydrogen) atoms. The van der Waals surface area contributed by atoms with Gasteiger partial charge in [0.05, 0.1) is 17.6 Å². The van der Waals surface area contributed by atoms with Gasteiger partial charge >= 0.3 is 0 Å². The van der Waals surface area contributed by atoms with E-state index < -0.39 is 0 Å². The molecular weight excluding hydrogens is 348 g/mol. The third kappa shape index (κ3) is 3.11. The summed E-state index contributed by atoms with van der Waals surface area (Å²) in [6.07, 6.45) is 1.58. The smallest absolute Gasteiger partial charge is 0.218 e. The first-order valence-electron chi connectivity index (χ1n) is 8.11. The van der Waals surface area contributed by atoms with Gasteiger partial charge < -0.3 is 10.3 Å². The monoisotopic (exact) mass is 366 g/mol. The van der Waals surface area contributed by atoms with Crippen molar-refractivity contribution in [1.29, 1.82) is 0 Å². The topological polar surface area (TPSA) is 87.7 Å². The van der Waals surface area contributed by atoms with Crippen molar-refractivity contribution in [3.63, 3.8) is 0 Å². The van der Waals surface area contributed by atoms with Crippen LogP contribution in [-0.4, -0.2) is 24.7 Å². The van der Waals surface area contributed by atoms with Crippen LogP contribution in [0.25, 0.3) is 17.3 Å². The molecule has 0 unspecified atom stereocenters. The standard InChI is InChI=1S/C18H18N6OS/c1-12-10-13(2)24(22-12)15-7-5-14(6-8-15)11-26-18-21-20-17(23(18)19)16-4-3-9-25-16/h3-10H,11,19H2,1-2H3. The number of benzene rings is 1. The molecule has 0 aliphatic carbocycles. The van der Waals surface area contributed by atoms with Crippen LogP contribution in [0.5, 0.6) is 0 Å². The summed E-state index contributed by atoms with van der Waals surface area (Å²) in [6.45, 7) is 4.04. The molecule has 3 aromatic heterocycles. The molecular formula is C18H18N6OS. The van der Waals surface area contributed by atoms with Crippen LogP contribution in [0.15, 0.2) is 58.3 Å². The Morgan fingerprint density at radius 3 is 2.58 bits per heavy atom. The van der Waals surface area contributed by atoms with Crippen LogP contribution < -0.4 is 5.84 Å². The molecule has 1 aromatic carbocycles. The summed E-state index contributed by atoms with van der Waals surface area (Å²) in [5.74, 6) is 7.93. The van der Waals surface area contributed by atoms with Crippen molar-refractivity contribution in [3.05, 3.63) is 65.7 Å². The predicted octanol–water partition coefficient (Wildman–Crippen LogP) is 3.35. The van der Waals surface area contributed by atoms with Crippen LogP contribution in [0.4, 0.5) is 0 Å². The number of nitrogens with two attached hydrogens (primary N) is 1. The van der Waals surface area contributed by atoms with E-state index in [1.165, 1.54) is 22.0 Å². The van der Waals surface area contributed by atoms with Gasteiger partial charge in [0.2, 0.25) is 11.0 Å². The Kier molecular flexibility index (Phi) is 4.26. The Morgan fingerprint density at radius 1 is 1.12 bits per heavy atom. The normalized spacial score (nSPS) is 11.2. The van der Waals surface area contributed by atoms with E-state index in [0.717, 1.165) is 22.8 Å². The Morgan fingerprint density at radius 2 is 1.92 bits per heavy atom. The summed E-state index contributed by atoms with van der Waals surface area (Å²) in [5, 5.41) is 13.4. The van der Waals surface area contributed by atoms with E-state index in [2.05, 4.69) is 52.6 Å². The average Bonchev–Trinajstić information content (AvgIpc) is 3.35. The minimum absolute atomic E-state index is 0.511. The van der Waals surface area contributed by atoms with E-state index >= 15 is 0 Å². The molecule has 0 amide bonds. The summed E-state index contributed by atoms with van der Waals surface area (Å²) >= 11 is 1.53. The first-order valence-corrected chi connectivity index (χ1v) is 9.10. The van der Waals surface area contributed by atoms with Crippen LogP contribution in [0, 0.1) is 13.8 Å². The zero-order chi connectivity index (χ0) is 18.1. The number of furan rings is 1. The van der Waals surface area contributed by atoms with Crippen molar-refractivity contribution in [1.82, 2.24) is 24.7 Å². The van der Waals surface area contributed by atoms with Crippen LogP contribution in [0.2, 0.25) is 0 Å². The van der Waals surface area contributed by atoms with Gasteiger partial charge in [0.25, 0.3) is 0 Å². The molecule has 0 atom stereocenters. The number of thioether (sulfide) groups is 1. The molecule has 132 valence electrons. The Bertz CT molecular complexity index is 1020. The third-order valence-electron chi connectivity index (χ3n) is 3.96. The van der Waals surface area contributed by atoms with Crippen LogP contribution in [0.1, 0.15) is 17.0 Å². The van der Waals surface area contributed by atoms with E-state index in [1.807, 2.05) is 11.6 Å². The van der Waals surface area contributed by atoms with E-state index in [1.54, 1.807) is 18.4 Å². The Hall–Kier alpha value is -3.00. The van der Waals surface area contributed by atoms with E-state index in [9.17, 15) is 0 Å². The highest BCUT2D eigenvalue weighted by molar-refractivity contribution is 7.98. The van der Waals surface area contributed by atoms with Crippen molar-refractivity contribution in [2.24, 2.45) is 0 Å². The molecule has 3 heterocycles. The molecule has 7 nitrogen and oxygen atoms in total. The summed E-state index contributed by atoms with van der Waals surface area (Å²) in [4.78, 5) is 0. The highest BCUT2D eigenvalue weighted by atomic mass is 32.2. The van der Waals surface area contributed by atoms with Gasteiger partial charge in [-0.2, -0.15) is 5.10 Å². The molecule has 4 rings (SSSR count). The molecule has 0 spiro atoms. The van der Waals surface area contributed by atoms with Gasteiger partial charge in [-0.05, 0) is 49.7 Å². The maximum atomic E-state index is 6.08. The average molecular weight is 366 g/mol. The summed E-state index contributed by atoms with van der Waals surface area (Å²) < 4.78 is 8.72. The highest BCUT2D eigenvalue weighted by Gasteiger charge is 2.14. The largest absolute Gasteiger partial charge is 0.461 e. The lowest BCUT2D eigenvalue weighted by Gasteiger charge is -2.06. The van der Waals surface area contributed by atoms with Gasteiger partial charge in [-0.1, -0.05) is 23.9 Å². The van der Waals surface area contributed by atoms with Crippen molar-refractivity contribution in [3.8, 4) is 17.3 Å². The van der Waals surface area contributed by atoms with Crippen molar-refractivity contribution < 1.29 is 4.42 Å². The molecule has 0 radical (unpaired) electrons. The minimum atomic E-state index is 0.511. The van der Waals surface area contributed by atoms with Crippen molar-refractivity contribution in [2.75, 3.05) is 5.84 Å². The molecule has 0 bridgehead atoms. The lowest BCUT2D eigenvalue weighted by molar-refractivity contribution is 0.574. The second-order valence-electron chi connectivity index (χ2n) is 5.95. The number of rotatable bonds is 5. The van der Waals surface area contributed by atoms with Gasteiger partial charge in [0.15, 0.2) is 5.76 Å². The number of aryl methyl sites for hydroxylation is 2. The fraction of sp³-hybridized carbons (Fsp3) is 0.167. The van der Waals surface area contributed by atoms with Crippen LogP contribution in [-0.2, 0) is 5.75 Å². The zero-order valence-electron chi connectivity index (χ0n) is 14.5. The first-order chi connectivity index (χ1) is 12.6. The van der Waals surface area contributed by atoms with Gasteiger partial charge in [0, 0.05) is 11.4 Å². The molecule has 0 aliphatic rings. The predicted molar refractivity (Wildman–Crippen MR) is 100 cm³/mol. The third-order valence-corrected chi connectivity index (χ3v) is 4.98. The number of aromatic nitrogens is 5. The lowest BCUT2D eigenvalue weighted by Crippen LogP contribution is -2.11. The summed E-state index contributed by atoms with van der Waals surface area (Å²) in [6, 6.07) is 14.0. The molecule has 0 aliphatic heterocycles. The molecule has 0 saturated carbocycles. The SMILES string of the molecule is Cc1cc(C)n(-c2ccc(CSc3nnc(-c4ccco4)n3N)cc2)n1. The second kappa shape index (κ2) is 6.72. The van der Waals surface area contributed by atoms with Crippen molar-refractivity contribution >= 4 is 11.8 Å².